The number of esters is 1. The number of unbranched alkanes of at least 4 members (excludes halogenated alkanes) is 4. The van der Waals surface area contributed by atoms with Crippen molar-refractivity contribution in [3.8, 4) is 0 Å². The van der Waals surface area contributed by atoms with E-state index >= 15 is 0 Å². The van der Waals surface area contributed by atoms with Crippen molar-refractivity contribution < 1.29 is 27.7 Å². The average molecular weight is 336 g/mol. The summed E-state index contributed by atoms with van der Waals surface area (Å²) < 4.78 is 33.0. The minimum absolute atomic E-state index is 0.0223. The van der Waals surface area contributed by atoms with Crippen LogP contribution in [0.3, 0.4) is 0 Å². The van der Waals surface area contributed by atoms with Crippen molar-refractivity contribution in [3.63, 3.8) is 0 Å². The van der Waals surface area contributed by atoms with E-state index in [0.717, 1.165) is 44.6 Å². The molecule has 0 aromatic carbocycles. The van der Waals surface area contributed by atoms with Gasteiger partial charge in [-0.1, -0.05) is 46.1 Å². The molecule has 0 rings (SSSR count). The maximum Gasteiger partial charge on any atom is 0.474 e. The second-order valence-electron chi connectivity index (χ2n) is 4.73. The number of carbonyl (C=O) groups excluding carboxylic acids is 1. The van der Waals surface area contributed by atoms with E-state index in [1.165, 1.54) is 0 Å². The number of rotatable bonds is 15. The molecule has 0 aliphatic heterocycles. The molecule has 0 spiro atoms. The van der Waals surface area contributed by atoms with Gasteiger partial charge in [-0.2, -0.15) is 0 Å². The maximum atomic E-state index is 12.4. The van der Waals surface area contributed by atoms with E-state index in [9.17, 15) is 9.36 Å². The third-order valence-electron chi connectivity index (χ3n) is 2.74. The molecule has 22 heavy (non-hydrogen) atoms. The minimum atomic E-state index is -3.59. The van der Waals surface area contributed by atoms with Crippen LogP contribution in [0.25, 0.3) is 0 Å². The topological polar surface area (TPSA) is 71.1 Å². The zero-order chi connectivity index (χ0) is 16.7. The van der Waals surface area contributed by atoms with Gasteiger partial charge in [-0.15, -0.1) is 0 Å². The van der Waals surface area contributed by atoms with Crippen LogP contribution in [-0.2, 0) is 27.7 Å². The first-order valence-corrected chi connectivity index (χ1v) is 9.36. The van der Waals surface area contributed by atoms with Gasteiger partial charge in [-0.25, -0.2) is 9.36 Å². The van der Waals surface area contributed by atoms with Gasteiger partial charge < -0.3 is 4.74 Å². The van der Waals surface area contributed by atoms with Gasteiger partial charge in [-0.05, 0) is 12.8 Å². The Bertz CT molecular complexity index is 329. The Labute approximate surface area is 133 Å². The van der Waals surface area contributed by atoms with E-state index in [-0.39, 0.29) is 13.2 Å². The standard InChI is InChI=1S/C15H29O6P/c1-4-7-9-11-19-22(17,20-12-10-8-5-2)21-14-13-18-15(16)6-3/h6H,3-5,7-14H2,1-2H3. The van der Waals surface area contributed by atoms with Crippen LogP contribution in [0.1, 0.15) is 52.4 Å². The van der Waals surface area contributed by atoms with Crippen LogP contribution in [0.2, 0.25) is 0 Å². The lowest BCUT2D eigenvalue weighted by Gasteiger charge is -2.18. The predicted molar refractivity (Wildman–Crippen MR) is 85.7 cm³/mol. The molecule has 0 aliphatic rings. The fourth-order valence-corrected chi connectivity index (χ4v) is 2.75. The van der Waals surface area contributed by atoms with Crippen LogP contribution in [0, 0.1) is 0 Å². The molecule has 0 saturated carbocycles. The quantitative estimate of drug-likeness (QED) is 0.193. The van der Waals surface area contributed by atoms with Crippen molar-refractivity contribution in [3.05, 3.63) is 12.7 Å². The molecule has 0 N–H and O–H groups in total. The third-order valence-corrected chi connectivity index (χ3v) is 4.23. The number of phosphoric acid groups is 1. The van der Waals surface area contributed by atoms with Crippen LogP contribution in [0.5, 0.6) is 0 Å². The molecule has 0 fully saturated rings. The molecule has 0 aromatic heterocycles. The largest absolute Gasteiger partial charge is 0.474 e. The first-order chi connectivity index (χ1) is 10.6. The fraction of sp³-hybridized carbons (Fsp3) is 0.800. The van der Waals surface area contributed by atoms with E-state index in [1.54, 1.807) is 0 Å². The van der Waals surface area contributed by atoms with E-state index in [0.29, 0.717) is 13.2 Å². The number of hydrogen-bond donors (Lipinski definition) is 0. The Hall–Kier alpha value is -0.680. The lowest BCUT2D eigenvalue weighted by molar-refractivity contribution is -0.138. The van der Waals surface area contributed by atoms with Crippen molar-refractivity contribution in [1.82, 2.24) is 0 Å². The van der Waals surface area contributed by atoms with Crippen molar-refractivity contribution in [2.75, 3.05) is 26.4 Å². The second-order valence-corrected chi connectivity index (χ2v) is 6.40. The van der Waals surface area contributed by atoms with Crippen LogP contribution >= 0.6 is 7.82 Å². The average Bonchev–Trinajstić information content (AvgIpc) is 2.52. The zero-order valence-corrected chi connectivity index (χ0v) is 14.6. The SMILES string of the molecule is C=CC(=O)OCCOP(=O)(OCCCCC)OCCCCC. The fourth-order valence-electron chi connectivity index (χ4n) is 1.52. The smallest absolute Gasteiger partial charge is 0.460 e. The summed E-state index contributed by atoms with van der Waals surface area (Å²) in [6.45, 7) is 8.02. The highest BCUT2D eigenvalue weighted by molar-refractivity contribution is 7.48. The van der Waals surface area contributed by atoms with Crippen LogP contribution in [0.4, 0.5) is 0 Å². The highest BCUT2D eigenvalue weighted by Crippen LogP contribution is 2.49. The van der Waals surface area contributed by atoms with Gasteiger partial charge in [0.1, 0.15) is 6.61 Å². The van der Waals surface area contributed by atoms with Crippen LogP contribution in [0.15, 0.2) is 12.7 Å². The summed E-state index contributed by atoms with van der Waals surface area (Å²) in [4.78, 5) is 10.9. The van der Waals surface area contributed by atoms with Gasteiger partial charge in [0.15, 0.2) is 0 Å². The van der Waals surface area contributed by atoms with Gasteiger partial charge in [0.2, 0.25) is 0 Å². The monoisotopic (exact) mass is 336 g/mol. The lowest BCUT2D eigenvalue weighted by atomic mass is 10.3. The maximum absolute atomic E-state index is 12.4. The van der Waals surface area contributed by atoms with Gasteiger partial charge in [0.05, 0.1) is 19.8 Å². The third kappa shape index (κ3) is 11.9. The normalized spacial score (nSPS) is 11.4. The molecule has 130 valence electrons. The molecular weight excluding hydrogens is 307 g/mol. The lowest BCUT2D eigenvalue weighted by Crippen LogP contribution is -2.10. The molecule has 0 saturated heterocycles. The molecule has 0 bridgehead atoms. The van der Waals surface area contributed by atoms with Crippen LogP contribution in [-0.4, -0.2) is 32.4 Å². The molecule has 6 nitrogen and oxygen atoms in total. The number of ether oxygens (including phenoxy) is 1. The molecular formula is C15H29O6P. The Morgan fingerprint density at radius 3 is 1.86 bits per heavy atom. The number of phosphoric ester groups is 1. The Balaban J connectivity index is 4.15. The van der Waals surface area contributed by atoms with E-state index in [4.69, 9.17) is 18.3 Å². The van der Waals surface area contributed by atoms with Gasteiger partial charge >= 0.3 is 13.8 Å². The van der Waals surface area contributed by atoms with Gasteiger partial charge in [-0.3, -0.25) is 13.6 Å². The number of hydrogen-bond acceptors (Lipinski definition) is 6. The molecule has 0 aliphatic carbocycles. The summed E-state index contributed by atoms with van der Waals surface area (Å²) >= 11 is 0. The van der Waals surface area contributed by atoms with Crippen molar-refractivity contribution in [2.45, 2.75) is 52.4 Å². The van der Waals surface area contributed by atoms with E-state index < -0.39 is 13.8 Å². The summed E-state index contributed by atoms with van der Waals surface area (Å²) in [6, 6.07) is 0. The summed E-state index contributed by atoms with van der Waals surface area (Å²) in [5.41, 5.74) is 0. The molecule has 0 heterocycles. The molecule has 0 atom stereocenters. The first-order valence-electron chi connectivity index (χ1n) is 7.90. The molecule has 0 aromatic rings. The highest BCUT2D eigenvalue weighted by atomic mass is 31.2. The highest BCUT2D eigenvalue weighted by Gasteiger charge is 2.26. The van der Waals surface area contributed by atoms with E-state index in [2.05, 4.69) is 20.4 Å². The summed E-state index contributed by atoms with van der Waals surface area (Å²) in [5, 5.41) is 0. The minimum Gasteiger partial charge on any atom is -0.460 e. The molecule has 0 radical (unpaired) electrons. The first kappa shape index (κ1) is 21.3. The Morgan fingerprint density at radius 1 is 0.909 bits per heavy atom. The summed E-state index contributed by atoms with van der Waals surface area (Å²) in [5.74, 6) is -0.550. The van der Waals surface area contributed by atoms with Crippen molar-refractivity contribution in [1.29, 1.82) is 0 Å². The van der Waals surface area contributed by atoms with Crippen molar-refractivity contribution in [2.24, 2.45) is 0 Å². The zero-order valence-electron chi connectivity index (χ0n) is 13.8. The molecule has 0 amide bonds. The Kier molecular flexibility index (Phi) is 13.5. The van der Waals surface area contributed by atoms with E-state index in [1.807, 2.05) is 0 Å². The number of carbonyl (C=O) groups is 1. The second kappa shape index (κ2) is 13.9. The molecule has 0 unspecified atom stereocenters. The molecule has 7 heteroatoms. The van der Waals surface area contributed by atoms with Gasteiger partial charge in [0, 0.05) is 6.08 Å². The van der Waals surface area contributed by atoms with Gasteiger partial charge in [0.25, 0.3) is 0 Å². The summed E-state index contributed by atoms with van der Waals surface area (Å²) in [6.07, 6.45) is 6.73. The Morgan fingerprint density at radius 2 is 1.41 bits per heavy atom. The summed E-state index contributed by atoms with van der Waals surface area (Å²) in [7, 11) is -3.59. The van der Waals surface area contributed by atoms with Crippen molar-refractivity contribution >= 4 is 13.8 Å². The predicted octanol–water partition coefficient (Wildman–Crippen LogP) is 4.25. The van der Waals surface area contributed by atoms with Crippen LogP contribution < -0.4 is 0 Å².